The molecule has 98 valence electrons. The summed E-state index contributed by atoms with van der Waals surface area (Å²) in [5, 5.41) is 13.7. The van der Waals surface area contributed by atoms with Crippen LogP contribution in [0, 0.1) is 0 Å². The lowest BCUT2D eigenvalue weighted by molar-refractivity contribution is 0.0951. The van der Waals surface area contributed by atoms with Gasteiger partial charge >= 0.3 is 0 Å². The van der Waals surface area contributed by atoms with E-state index in [1.807, 2.05) is 0 Å². The number of hydrogen-bond donors (Lipinski definition) is 3. The van der Waals surface area contributed by atoms with Crippen LogP contribution in [0.4, 0.5) is 0 Å². The van der Waals surface area contributed by atoms with Gasteiger partial charge in [-0.25, -0.2) is 5.43 Å². The summed E-state index contributed by atoms with van der Waals surface area (Å²) in [6, 6.07) is 8.01. The molecule has 1 amide bonds. The maximum Gasteiger partial charge on any atom is 0.287 e. The molecule has 0 radical (unpaired) electrons. The number of carbonyl (C=O) groups excluding carboxylic acids is 1. The summed E-state index contributed by atoms with van der Waals surface area (Å²) in [7, 11) is 0. The molecule has 0 saturated heterocycles. The predicted octanol–water partition coefficient (Wildman–Crippen LogP) is 2.79. The SMILES string of the molecule is O=C(N/N=C/c1ccccc1O)c1cc(Cl)c(Cl)[nH]1. The van der Waals surface area contributed by atoms with Crippen LogP contribution in [0.2, 0.25) is 10.2 Å². The summed E-state index contributed by atoms with van der Waals surface area (Å²) >= 11 is 11.4. The van der Waals surface area contributed by atoms with E-state index in [4.69, 9.17) is 23.2 Å². The molecule has 1 heterocycles. The number of halogens is 2. The zero-order chi connectivity index (χ0) is 13.8. The first-order valence-electron chi connectivity index (χ1n) is 5.23. The maximum absolute atomic E-state index is 11.6. The summed E-state index contributed by atoms with van der Waals surface area (Å²) in [6.07, 6.45) is 1.33. The highest BCUT2D eigenvalue weighted by Gasteiger charge is 2.10. The fraction of sp³-hybridized carbons (Fsp3) is 0. The van der Waals surface area contributed by atoms with Crippen LogP contribution in [0.15, 0.2) is 35.4 Å². The number of rotatable bonds is 3. The molecule has 1 aromatic heterocycles. The van der Waals surface area contributed by atoms with Crippen LogP contribution in [0.1, 0.15) is 16.1 Å². The normalized spacial score (nSPS) is 10.8. The molecule has 7 heteroatoms. The van der Waals surface area contributed by atoms with E-state index in [0.29, 0.717) is 5.56 Å². The predicted molar refractivity (Wildman–Crippen MR) is 74.0 cm³/mol. The van der Waals surface area contributed by atoms with E-state index in [1.165, 1.54) is 18.3 Å². The van der Waals surface area contributed by atoms with Crippen molar-refractivity contribution in [2.45, 2.75) is 0 Å². The minimum absolute atomic E-state index is 0.0754. The first-order chi connectivity index (χ1) is 9.08. The lowest BCUT2D eigenvalue weighted by Crippen LogP contribution is -2.17. The van der Waals surface area contributed by atoms with Crippen molar-refractivity contribution < 1.29 is 9.90 Å². The monoisotopic (exact) mass is 297 g/mol. The van der Waals surface area contributed by atoms with Gasteiger partial charge in [0.2, 0.25) is 0 Å². The molecule has 0 aliphatic carbocycles. The van der Waals surface area contributed by atoms with Crippen molar-refractivity contribution in [3.8, 4) is 5.75 Å². The van der Waals surface area contributed by atoms with Gasteiger partial charge in [0.1, 0.15) is 16.6 Å². The highest BCUT2D eigenvalue weighted by atomic mass is 35.5. The Morgan fingerprint density at radius 2 is 2.11 bits per heavy atom. The molecule has 3 N–H and O–H groups in total. The molecule has 5 nitrogen and oxygen atoms in total. The summed E-state index contributed by atoms with van der Waals surface area (Å²) in [5.74, 6) is -0.410. The zero-order valence-electron chi connectivity index (χ0n) is 9.52. The number of hydrazone groups is 1. The molecule has 0 fully saturated rings. The molecule has 0 bridgehead atoms. The van der Waals surface area contributed by atoms with E-state index < -0.39 is 5.91 Å². The molecule has 0 spiro atoms. The molecule has 0 atom stereocenters. The van der Waals surface area contributed by atoms with Crippen molar-refractivity contribution in [3.05, 3.63) is 51.8 Å². The summed E-state index contributed by atoms with van der Waals surface area (Å²) < 4.78 is 0. The summed E-state index contributed by atoms with van der Waals surface area (Å²) in [4.78, 5) is 14.3. The number of phenolic OH excluding ortho intramolecular Hbond substituents is 1. The van der Waals surface area contributed by atoms with Crippen LogP contribution < -0.4 is 5.43 Å². The Kier molecular flexibility index (Phi) is 4.09. The molecule has 19 heavy (non-hydrogen) atoms. The Labute approximate surface area is 118 Å². The molecule has 0 saturated carbocycles. The first-order valence-corrected chi connectivity index (χ1v) is 5.99. The Balaban J connectivity index is 2.03. The lowest BCUT2D eigenvalue weighted by atomic mass is 10.2. The minimum atomic E-state index is -0.486. The summed E-state index contributed by atoms with van der Waals surface area (Å²) in [6.45, 7) is 0. The highest BCUT2D eigenvalue weighted by Crippen LogP contribution is 2.21. The van der Waals surface area contributed by atoms with E-state index in [9.17, 15) is 9.90 Å². The van der Waals surface area contributed by atoms with Gasteiger partial charge in [-0.3, -0.25) is 4.79 Å². The zero-order valence-corrected chi connectivity index (χ0v) is 11.0. The smallest absolute Gasteiger partial charge is 0.287 e. The van der Waals surface area contributed by atoms with Gasteiger partial charge in [0.15, 0.2) is 0 Å². The Morgan fingerprint density at radius 1 is 1.37 bits per heavy atom. The molecule has 2 rings (SSSR count). The molecule has 0 unspecified atom stereocenters. The number of benzene rings is 1. The van der Waals surface area contributed by atoms with Crippen LogP contribution in [-0.4, -0.2) is 22.2 Å². The van der Waals surface area contributed by atoms with Gasteiger partial charge in [-0.15, -0.1) is 0 Å². The van der Waals surface area contributed by atoms with Crippen molar-refractivity contribution in [2.24, 2.45) is 5.10 Å². The average molecular weight is 298 g/mol. The molecule has 1 aromatic carbocycles. The van der Waals surface area contributed by atoms with E-state index in [2.05, 4.69) is 15.5 Å². The van der Waals surface area contributed by atoms with E-state index >= 15 is 0 Å². The number of nitrogens with one attached hydrogen (secondary N) is 2. The van der Waals surface area contributed by atoms with Crippen molar-refractivity contribution in [1.82, 2.24) is 10.4 Å². The molecule has 0 aliphatic heterocycles. The second-order valence-corrected chi connectivity index (χ2v) is 4.39. The number of aromatic amines is 1. The number of aromatic hydroxyl groups is 1. The third-order valence-corrected chi connectivity index (χ3v) is 2.97. The number of phenols is 1. The topological polar surface area (TPSA) is 77.5 Å². The van der Waals surface area contributed by atoms with Crippen LogP contribution in [0.3, 0.4) is 0 Å². The van der Waals surface area contributed by atoms with Crippen molar-refractivity contribution in [1.29, 1.82) is 0 Å². The fourth-order valence-corrected chi connectivity index (χ4v) is 1.66. The summed E-state index contributed by atoms with van der Waals surface area (Å²) in [5.41, 5.74) is 2.98. The second-order valence-electron chi connectivity index (χ2n) is 3.60. The van der Waals surface area contributed by atoms with Crippen LogP contribution in [0.5, 0.6) is 5.75 Å². The lowest BCUT2D eigenvalue weighted by Gasteiger charge is -1.98. The molecular formula is C12H9Cl2N3O2. The van der Waals surface area contributed by atoms with Crippen molar-refractivity contribution >= 4 is 35.3 Å². The number of amides is 1. The number of carbonyl (C=O) groups is 1. The first kappa shape index (κ1) is 13.5. The standard InChI is InChI=1S/C12H9Cl2N3O2/c13-8-5-9(16-11(8)14)12(19)17-15-6-7-3-1-2-4-10(7)18/h1-6,16,18H,(H,17,19)/b15-6+. The van der Waals surface area contributed by atoms with Gasteiger partial charge in [-0.05, 0) is 18.2 Å². The third kappa shape index (κ3) is 3.27. The van der Waals surface area contributed by atoms with E-state index in [1.54, 1.807) is 18.2 Å². The number of para-hydroxylation sites is 1. The van der Waals surface area contributed by atoms with E-state index in [0.717, 1.165) is 0 Å². The number of aromatic nitrogens is 1. The van der Waals surface area contributed by atoms with Crippen LogP contribution >= 0.6 is 23.2 Å². The van der Waals surface area contributed by atoms with Crippen molar-refractivity contribution in [3.63, 3.8) is 0 Å². The quantitative estimate of drug-likeness (QED) is 0.602. The van der Waals surface area contributed by atoms with Gasteiger partial charge in [-0.1, -0.05) is 35.3 Å². The van der Waals surface area contributed by atoms with Gasteiger partial charge < -0.3 is 10.1 Å². The van der Waals surface area contributed by atoms with Crippen LogP contribution in [0.25, 0.3) is 0 Å². The Morgan fingerprint density at radius 3 is 2.74 bits per heavy atom. The third-order valence-electron chi connectivity index (χ3n) is 2.28. The maximum atomic E-state index is 11.6. The van der Waals surface area contributed by atoms with Gasteiger partial charge in [-0.2, -0.15) is 5.10 Å². The highest BCUT2D eigenvalue weighted by molar-refractivity contribution is 6.41. The van der Waals surface area contributed by atoms with Gasteiger partial charge in [0.25, 0.3) is 5.91 Å². The molecular weight excluding hydrogens is 289 g/mol. The largest absolute Gasteiger partial charge is 0.507 e. The molecule has 0 aliphatic rings. The molecule has 2 aromatic rings. The minimum Gasteiger partial charge on any atom is -0.507 e. The number of H-pyrrole nitrogens is 1. The van der Waals surface area contributed by atoms with Gasteiger partial charge in [0, 0.05) is 5.56 Å². The second kappa shape index (κ2) is 5.77. The number of nitrogens with zero attached hydrogens (tertiary/aromatic N) is 1. The Hall–Kier alpha value is -1.98. The fourth-order valence-electron chi connectivity index (χ4n) is 1.34. The number of hydrogen-bond acceptors (Lipinski definition) is 3. The Bertz CT molecular complexity index is 618. The van der Waals surface area contributed by atoms with E-state index in [-0.39, 0.29) is 21.6 Å². The van der Waals surface area contributed by atoms with Gasteiger partial charge in [0.05, 0.1) is 11.2 Å². The van der Waals surface area contributed by atoms with Crippen LogP contribution in [-0.2, 0) is 0 Å². The average Bonchev–Trinajstić information content (AvgIpc) is 2.72. The van der Waals surface area contributed by atoms with Crippen molar-refractivity contribution in [2.75, 3.05) is 0 Å².